The molecule has 0 aromatic heterocycles. The maximum atomic E-state index is 11.4. The van der Waals surface area contributed by atoms with Gasteiger partial charge in [0, 0.05) is 18.6 Å². The molecule has 1 unspecified atom stereocenters. The maximum absolute atomic E-state index is 11.4. The molecule has 1 rings (SSSR count). The van der Waals surface area contributed by atoms with Crippen molar-refractivity contribution in [3.8, 4) is 0 Å². The van der Waals surface area contributed by atoms with Gasteiger partial charge in [0.05, 0.1) is 12.0 Å². The zero-order valence-corrected chi connectivity index (χ0v) is 13.7. The van der Waals surface area contributed by atoms with E-state index in [0.29, 0.717) is 18.1 Å². The average molecular weight is 340 g/mol. The molecule has 0 spiro atoms. The zero-order valence-electron chi connectivity index (χ0n) is 12.0. The molecule has 1 N–H and O–H groups in total. The van der Waals surface area contributed by atoms with E-state index >= 15 is 0 Å². The van der Waals surface area contributed by atoms with Crippen LogP contribution in [0.1, 0.15) is 6.92 Å². The van der Waals surface area contributed by atoms with Gasteiger partial charge in [-0.3, -0.25) is 0 Å². The Kier molecular flexibility index (Phi) is 8.23. The average Bonchev–Trinajstić information content (AvgIpc) is 2.92. The molecule has 0 aromatic rings. The van der Waals surface area contributed by atoms with Gasteiger partial charge in [-0.1, -0.05) is 21.6 Å². The van der Waals surface area contributed by atoms with Gasteiger partial charge in [0.2, 0.25) is 0 Å². The molecule has 1 heterocycles. The molecule has 1 aliphatic rings. The predicted molar refractivity (Wildman–Crippen MR) is 79.2 cm³/mol. The Morgan fingerprint density at radius 2 is 1.76 bits per heavy atom. The lowest BCUT2D eigenvalue weighted by Gasteiger charge is -2.26. The molecule has 9 heteroatoms. The molecule has 7 nitrogen and oxygen atoms in total. The summed E-state index contributed by atoms with van der Waals surface area (Å²) in [5.74, 6) is 0.700. The zero-order chi connectivity index (χ0) is 15.7. The first-order valence-electron chi connectivity index (χ1n) is 6.37. The smallest absolute Gasteiger partial charge is 0.463 e. The molecule has 0 saturated carbocycles. The molecule has 1 fully saturated rings. The molecule has 0 radical (unpaired) electrons. The minimum absolute atomic E-state index is 0.0993. The Hall–Kier alpha value is -0.640. The lowest BCUT2D eigenvalue weighted by molar-refractivity contribution is -0.156. The highest BCUT2D eigenvalue weighted by Gasteiger charge is 2.39. The number of aliphatic hydroxyl groups excluding tert-OH is 1. The second-order valence-corrected chi connectivity index (χ2v) is 7.15. The first-order valence-corrected chi connectivity index (χ1v) is 8.85. The van der Waals surface area contributed by atoms with Gasteiger partial charge in [-0.25, -0.2) is 9.59 Å². The summed E-state index contributed by atoms with van der Waals surface area (Å²) in [5.41, 5.74) is -0.444. The van der Waals surface area contributed by atoms with E-state index in [4.69, 9.17) is 24.1 Å². The van der Waals surface area contributed by atoms with Gasteiger partial charge in [-0.15, -0.1) is 0 Å². The number of carbonyl (C=O) groups is 2. The van der Waals surface area contributed by atoms with Crippen molar-refractivity contribution in [3.63, 3.8) is 0 Å². The number of hydrogen-bond acceptors (Lipinski definition) is 9. The van der Waals surface area contributed by atoms with E-state index < -0.39 is 23.6 Å². The lowest BCUT2D eigenvalue weighted by atomic mass is 9.95. The van der Waals surface area contributed by atoms with E-state index in [0.717, 1.165) is 0 Å². The molecule has 0 amide bonds. The highest BCUT2D eigenvalue weighted by atomic mass is 33.1. The number of carbonyl (C=O) groups excluding carboxylic acids is 2. The van der Waals surface area contributed by atoms with Crippen LogP contribution in [0.25, 0.3) is 0 Å². The largest absolute Gasteiger partial charge is 0.508 e. The van der Waals surface area contributed by atoms with Crippen LogP contribution in [-0.4, -0.2) is 68.4 Å². The first-order chi connectivity index (χ1) is 9.99. The van der Waals surface area contributed by atoms with Crippen molar-refractivity contribution in [2.24, 2.45) is 5.41 Å². The van der Waals surface area contributed by atoms with Gasteiger partial charge in [0.1, 0.15) is 25.9 Å². The maximum Gasteiger partial charge on any atom is 0.508 e. The van der Waals surface area contributed by atoms with Crippen molar-refractivity contribution in [2.75, 3.05) is 45.0 Å². The molecule has 1 aliphatic heterocycles. The van der Waals surface area contributed by atoms with Crippen LogP contribution in [-0.2, 0) is 23.7 Å². The van der Waals surface area contributed by atoms with Crippen LogP contribution in [0.3, 0.4) is 0 Å². The van der Waals surface area contributed by atoms with Gasteiger partial charge < -0.3 is 24.1 Å². The summed E-state index contributed by atoms with van der Waals surface area (Å²) in [4.78, 5) is 22.7. The van der Waals surface area contributed by atoms with Crippen LogP contribution in [0, 0.1) is 5.41 Å². The van der Waals surface area contributed by atoms with Crippen LogP contribution in [0.4, 0.5) is 4.79 Å². The number of methoxy groups -OCH3 is 1. The van der Waals surface area contributed by atoms with Gasteiger partial charge in [-0.2, -0.15) is 0 Å². The minimum atomic E-state index is -1.16. The number of aliphatic hydroxyl groups is 1. The molecule has 0 bridgehead atoms. The molecule has 122 valence electrons. The summed E-state index contributed by atoms with van der Waals surface area (Å²) < 4.78 is 19.7. The minimum Gasteiger partial charge on any atom is -0.463 e. The van der Waals surface area contributed by atoms with E-state index in [1.54, 1.807) is 21.6 Å². The Balaban J connectivity index is 2.38. The summed E-state index contributed by atoms with van der Waals surface area (Å²) in [6.07, 6.45) is -1.93. The fraction of sp³-hybridized carbons (Fsp3) is 0.833. The van der Waals surface area contributed by atoms with Crippen LogP contribution in [0.2, 0.25) is 0 Å². The Labute approximate surface area is 131 Å². The van der Waals surface area contributed by atoms with Crippen molar-refractivity contribution in [1.82, 2.24) is 0 Å². The molecular weight excluding hydrogens is 320 g/mol. The Morgan fingerprint density at radius 1 is 1.14 bits per heavy atom. The van der Waals surface area contributed by atoms with Gasteiger partial charge >= 0.3 is 12.1 Å². The van der Waals surface area contributed by atoms with Crippen molar-refractivity contribution < 1.29 is 33.6 Å². The summed E-state index contributed by atoms with van der Waals surface area (Å²) in [7, 11) is 4.76. The third kappa shape index (κ3) is 6.77. The topological polar surface area (TPSA) is 91.3 Å². The van der Waals surface area contributed by atoms with Crippen molar-refractivity contribution in [1.29, 1.82) is 0 Å². The van der Waals surface area contributed by atoms with E-state index in [9.17, 15) is 9.59 Å². The highest BCUT2D eigenvalue weighted by Crippen LogP contribution is 2.43. The van der Waals surface area contributed by atoms with Crippen molar-refractivity contribution in [2.45, 2.75) is 13.0 Å². The number of rotatable bonds is 8. The normalized spacial score (nSPS) is 18.0. The second kappa shape index (κ2) is 9.39. The van der Waals surface area contributed by atoms with E-state index in [1.165, 1.54) is 14.0 Å². The Morgan fingerprint density at radius 3 is 2.33 bits per heavy atom. The quantitative estimate of drug-likeness (QED) is 0.396. The highest BCUT2D eigenvalue weighted by molar-refractivity contribution is 8.77. The van der Waals surface area contributed by atoms with E-state index in [1.807, 2.05) is 0 Å². The van der Waals surface area contributed by atoms with E-state index in [2.05, 4.69) is 0 Å². The fourth-order valence-corrected chi connectivity index (χ4v) is 4.72. The summed E-state index contributed by atoms with van der Waals surface area (Å²) in [6, 6.07) is 0. The van der Waals surface area contributed by atoms with Crippen molar-refractivity contribution in [3.05, 3.63) is 0 Å². The standard InChI is InChI=1S/C12H20O7S2/c1-9(13)10(14)18-5-12(7-20-21-8-12)6-19-11(15)17-4-3-16-2/h9,13H,3-8H2,1-2H3. The molecule has 0 aliphatic carbocycles. The summed E-state index contributed by atoms with van der Waals surface area (Å²) in [5, 5.41) is 9.12. The SMILES string of the molecule is COCCOC(=O)OCC1(COC(=O)C(C)O)CSSC1. The number of ether oxygens (including phenoxy) is 4. The van der Waals surface area contributed by atoms with Gasteiger partial charge in [0.15, 0.2) is 0 Å². The van der Waals surface area contributed by atoms with Gasteiger partial charge in [-0.05, 0) is 6.92 Å². The van der Waals surface area contributed by atoms with Gasteiger partial charge in [0.25, 0.3) is 0 Å². The number of esters is 1. The molecular formula is C12H20O7S2. The third-order valence-corrected chi connectivity index (χ3v) is 5.51. The summed E-state index contributed by atoms with van der Waals surface area (Å²) in [6.45, 7) is 1.98. The van der Waals surface area contributed by atoms with Crippen LogP contribution in [0.15, 0.2) is 0 Å². The molecule has 1 atom stereocenters. The van der Waals surface area contributed by atoms with Crippen LogP contribution in [0.5, 0.6) is 0 Å². The van der Waals surface area contributed by atoms with Crippen LogP contribution < -0.4 is 0 Å². The fourth-order valence-electron chi connectivity index (χ4n) is 1.39. The Bertz CT molecular complexity index is 342. The molecule has 1 saturated heterocycles. The molecule has 0 aromatic carbocycles. The van der Waals surface area contributed by atoms with E-state index in [-0.39, 0.29) is 19.8 Å². The first kappa shape index (κ1) is 18.4. The molecule has 21 heavy (non-hydrogen) atoms. The summed E-state index contributed by atoms with van der Waals surface area (Å²) >= 11 is 0. The number of hydrogen-bond donors (Lipinski definition) is 1. The lowest BCUT2D eigenvalue weighted by Crippen LogP contribution is -2.38. The third-order valence-electron chi connectivity index (χ3n) is 2.68. The van der Waals surface area contributed by atoms with Crippen molar-refractivity contribution >= 4 is 33.7 Å². The monoisotopic (exact) mass is 340 g/mol. The second-order valence-electron chi connectivity index (χ2n) is 4.69. The predicted octanol–water partition coefficient (Wildman–Crippen LogP) is 1.09. The van der Waals surface area contributed by atoms with Crippen LogP contribution >= 0.6 is 21.6 Å².